The highest BCUT2D eigenvalue weighted by molar-refractivity contribution is 5.23. The number of alkyl halides is 3. The number of piperidine rings is 1. The van der Waals surface area contributed by atoms with Gasteiger partial charge in [0.2, 0.25) is 0 Å². The molecule has 112 valence electrons. The van der Waals surface area contributed by atoms with Gasteiger partial charge in [0.1, 0.15) is 0 Å². The van der Waals surface area contributed by atoms with Crippen molar-refractivity contribution >= 4 is 0 Å². The minimum absolute atomic E-state index is 0.0876. The molecular weight excluding hydrogens is 267 g/mol. The molecule has 1 aromatic heterocycles. The Labute approximate surface area is 117 Å². The molecule has 1 aliphatic heterocycles. The Morgan fingerprint density at radius 1 is 1.45 bits per heavy atom. The molecule has 0 amide bonds. The van der Waals surface area contributed by atoms with Crippen LogP contribution in [-0.4, -0.2) is 29.0 Å². The molecule has 0 radical (unpaired) electrons. The maximum Gasteiger partial charge on any atom is 0.418 e. The molecule has 20 heavy (non-hydrogen) atoms. The molecular formula is C14H20F3N3. The molecule has 1 aliphatic rings. The van der Waals surface area contributed by atoms with E-state index in [0.29, 0.717) is 13.1 Å². The van der Waals surface area contributed by atoms with Gasteiger partial charge in [0.25, 0.3) is 0 Å². The third kappa shape index (κ3) is 3.30. The number of nitrogens with two attached hydrogens (primary N) is 1. The van der Waals surface area contributed by atoms with Crippen molar-refractivity contribution in [2.75, 3.05) is 13.1 Å². The van der Waals surface area contributed by atoms with Gasteiger partial charge in [0.05, 0.1) is 11.3 Å². The van der Waals surface area contributed by atoms with Crippen LogP contribution in [0.15, 0.2) is 18.3 Å². The van der Waals surface area contributed by atoms with E-state index in [2.05, 4.69) is 4.98 Å². The van der Waals surface area contributed by atoms with E-state index in [-0.39, 0.29) is 23.7 Å². The van der Waals surface area contributed by atoms with Gasteiger partial charge in [-0.1, -0.05) is 13.8 Å². The number of hydrogen-bond donors (Lipinski definition) is 1. The third-order valence-corrected chi connectivity index (χ3v) is 3.96. The van der Waals surface area contributed by atoms with Crippen LogP contribution in [0.2, 0.25) is 0 Å². The van der Waals surface area contributed by atoms with Gasteiger partial charge in [-0.15, -0.1) is 0 Å². The van der Waals surface area contributed by atoms with Crippen LogP contribution in [0.4, 0.5) is 13.2 Å². The Balaban J connectivity index is 2.15. The average molecular weight is 287 g/mol. The largest absolute Gasteiger partial charge is 0.418 e. The van der Waals surface area contributed by atoms with Crippen LogP contribution in [0.25, 0.3) is 0 Å². The smallest absolute Gasteiger partial charge is 0.327 e. The molecule has 1 aromatic rings. The van der Waals surface area contributed by atoms with Crippen molar-refractivity contribution in [2.45, 2.75) is 39.0 Å². The molecule has 6 heteroatoms. The summed E-state index contributed by atoms with van der Waals surface area (Å²) in [5.41, 5.74) is 5.40. The Kier molecular flexibility index (Phi) is 4.07. The van der Waals surface area contributed by atoms with E-state index >= 15 is 0 Å². The van der Waals surface area contributed by atoms with Gasteiger partial charge < -0.3 is 5.73 Å². The van der Waals surface area contributed by atoms with Crippen LogP contribution in [-0.2, 0) is 12.7 Å². The molecule has 3 nitrogen and oxygen atoms in total. The number of nitrogens with zero attached hydrogens (tertiary/aromatic N) is 2. The molecule has 2 heterocycles. The zero-order chi connectivity index (χ0) is 15.0. The van der Waals surface area contributed by atoms with Crippen molar-refractivity contribution in [3.05, 3.63) is 29.6 Å². The quantitative estimate of drug-likeness (QED) is 0.909. The summed E-state index contributed by atoms with van der Waals surface area (Å²) < 4.78 is 38.8. The number of hydrogen-bond acceptors (Lipinski definition) is 3. The zero-order valence-electron chi connectivity index (χ0n) is 11.7. The van der Waals surface area contributed by atoms with Gasteiger partial charge in [0.15, 0.2) is 0 Å². The van der Waals surface area contributed by atoms with E-state index in [9.17, 15) is 13.2 Å². The lowest BCUT2D eigenvalue weighted by Crippen LogP contribution is -2.52. The highest BCUT2D eigenvalue weighted by atomic mass is 19.4. The maximum atomic E-state index is 12.9. The highest BCUT2D eigenvalue weighted by Gasteiger charge is 2.37. The number of aromatic nitrogens is 1. The average Bonchev–Trinajstić information content (AvgIpc) is 2.33. The fraction of sp³-hybridized carbons (Fsp3) is 0.643. The molecule has 0 bridgehead atoms. The number of pyridine rings is 1. The fourth-order valence-electron chi connectivity index (χ4n) is 2.65. The minimum Gasteiger partial charge on any atom is -0.327 e. The van der Waals surface area contributed by atoms with Crippen molar-refractivity contribution in [3.63, 3.8) is 0 Å². The number of likely N-dealkylation sites (tertiary alicyclic amines) is 1. The summed E-state index contributed by atoms with van der Waals surface area (Å²) >= 11 is 0. The summed E-state index contributed by atoms with van der Waals surface area (Å²) in [5, 5.41) is 0. The Morgan fingerprint density at radius 3 is 2.75 bits per heavy atom. The molecule has 1 fully saturated rings. The first-order valence-electron chi connectivity index (χ1n) is 6.69. The number of halogens is 3. The van der Waals surface area contributed by atoms with Gasteiger partial charge in [-0.25, -0.2) is 0 Å². The SMILES string of the molecule is CC1(C)CN(Cc2ncccc2C(F)(F)F)CCC1N. The van der Waals surface area contributed by atoms with Crippen LogP contribution in [0.5, 0.6) is 0 Å². The first-order chi connectivity index (χ1) is 9.20. The fourth-order valence-corrected chi connectivity index (χ4v) is 2.65. The third-order valence-electron chi connectivity index (χ3n) is 3.96. The van der Waals surface area contributed by atoms with Crippen LogP contribution in [0, 0.1) is 5.41 Å². The van der Waals surface area contributed by atoms with E-state index in [0.717, 1.165) is 12.5 Å². The lowest BCUT2D eigenvalue weighted by molar-refractivity contribution is -0.138. The Bertz CT molecular complexity index is 471. The van der Waals surface area contributed by atoms with Crippen molar-refractivity contribution < 1.29 is 13.2 Å². The molecule has 0 saturated carbocycles. The standard InChI is InChI=1S/C14H20F3N3/c1-13(2)9-20(7-5-12(13)18)8-11-10(14(15,16)17)4-3-6-19-11/h3-4,6,12H,5,7-9,18H2,1-2H3. The second kappa shape index (κ2) is 5.33. The highest BCUT2D eigenvalue weighted by Crippen LogP contribution is 2.33. The van der Waals surface area contributed by atoms with Gasteiger partial charge in [-0.2, -0.15) is 13.2 Å². The van der Waals surface area contributed by atoms with E-state index in [1.54, 1.807) is 0 Å². The first kappa shape index (κ1) is 15.3. The molecule has 1 saturated heterocycles. The molecule has 1 atom stereocenters. The predicted octanol–water partition coefficient (Wildman–Crippen LogP) is 2.66. The monoisotopic (exact) mass is 287 g/mol. The van der Waals surface area contributed by atoms with Crippen LogP contribution in [0.3, 0.4) is 0 Å². The van der Waals surface area contributed by atoms with Gasteiger partial charge in [-0.3, -0.25) is 9.88 Å². The summed E-state index contributed by atoms with van der Waals surface area (Å²) in [6, 6.07) is 2.50. The van der Waals surface area contributed by atoms with Gasteiger partial charge in [-0.05, 0) is 24.0 Å². The maximum absolute atomic E-state index is 12.9. The summed E-state index contributed by atoms with van der Waals surface area (Å²) in [5.74, 6) is 0. The normalized spacial score (nSPS) is 23.8. The van der Waals surface area contributed by atoms with Crippen LogP contribution < -0.4 is 5.73 Å². The van der Waals surface area contributed by atoms with Gasteiger partial charge >= 0.3 is 6.18 Å². The molecule has 0 aromatic carbocycles. The summed E-state index contributed by atoms with van der Waals surface area (Å²) in [6.45, 7) is 5.70. The molecule has 0 aliphatic carbocycles. The lowest BCUT2D eigenvalue weighted by Gasteiger charge is -2.42. The molecule has 2 N–H and O–H groups in total. The van der Waals surface area contributed by atoms with E-state index in [1.807, 2.05) is 18.7 Å². The Hall–Kier alpha value is -1.14. The van der Waals surface area contributed by atoms with Crippen molar-refractivity contribution in [1.82, 2.24) is 9.88 Å². The minimum atomic E-state index is -4.36. The summed E-state index contributed by atoms with van der Waals surface area (Å²) in [4.78, 5) is 5.91. The van der Waals surface area contributed by atoms with E-state index in [1.165, 1.54) is 12.3 Å². The predicted molar refractivity (Wildman–Crippen MR) is 70.9 cm³/mol. The molecule has 2 rings (SSSR count). The second-order valence-electron chi connectivity index (χ2n) is 6.09. The van der Waals surface area contributed by atoms with Crippen molar-refractivity contribution in [1.29, 1.82) is 0 Å². The molecule has 0 spiro atoms. The van der Waals surface area contributed by atoms with E-state index < -0.39 is 11.7 Å². The van der Waals surface area contributed by atoms with E-state index in [4.69, 9.17) is 5.73 Å². The second-order valence-corrected chi connectivity index (χ2v) is 6.09. The molecule has 1 unspecified atom stereocenters. The first-order valence-corrected chi connectivity index (χ1v) is 6.69. The van der Waals surface area contributed by atoms with Crippen LogP contribution in [0.1, 0.15) is 31.5 Å². The number of rotatable bonds is 2. The summed E-state index contributed by atoms with van der Waals surface area (Å²) in [6.07, 6.45) is -2.15. The topological polar surface area (TPSA) is 42.2 Å². The zero-order valence-corrected chi connectivity index (χ0v) is 11.7. The van der Waals surface area contributed by atoms with Crippen molar-refractivity contribution in [2.24, 2.45) is 11.1 Å². The summed E-state index contributed by atoms with van der Waals surface area (Å²) in [7, 11) is 0. The Morgan fingerprint density at radius 2 is 2.15 bits per heavy atom. The van der Waals surface area contributed by atoms with Crippen molar-refractivity contribution in [3.8, 4) is 0 Å². The van der Waals surface area contributed by atoms with Gasteiger partial charge in [0, 0.05) is 31.9 Å². The van der Waals surface area contributed by atoms with Crippen LogP contribution >= 0.6 is 0 Å². The lowest BCUT2D eigenvalue weighted by atomic mass is 9.79.